The van der Waals surface area contributed by atoms with Gasteiger partial charge in [-0.05, 0) is 71.8 Å². The number of sulfonamides is 1. The number of carbonyl (C=O) groups is 1. The van der Waals surface area contributed by atoms with Crippen LogP contribution in [0.3, 0.4) is 0 Å². The van der Waals surface area contributed by atoms with Gasteiger partial charge in [-0.15, -0.1) is 0 Å². The summed E-state index contributed by atoms with van der Waals surface area (Å²) < 4.78 is 28.6. The van der Waals surface area contributed by atoms with Crippen LogP contribution in [0.2, 0.25) is 0 Å². The molecule has 0 unspecified atom stereocenters. The van der Waals surface area contributed by atoms with Gasteiger partial charge < -0.3 is 10.3 Å². The average Bonchev–Trinajstić information content (AvgIpc) is 3.42. The van der Waals surface area contributed by atoms with Crippen LogP contribution in [0.15, 0.2) is 94.4 Å². The van der Waals surface area contributed by atoms with Crippen molar-refractivity contribution >= 4 is 54.9 Å². The summed E-state index contributed by atoms with van der Waals surface area (Å²) in [6, 6.07) is 23.1. The van der Waals surface area contributed by atoms with Gasteiger partial charge >= 0.3 is 0 Å². The molecular weight excluding hydrogens is 502 g/mol. The summed E-state index contributed by atoms with van der Waals surface area (Å²) in [6.07, 6.45) is 3.64. The smallest absolute Gasteiger partial charge is 0.261 e. The van der Waals surface area contributed by atoms with Crippen LogP contribution in [0, 0.1) is 0 Å². The number of nitrogens with one attached hydrogen (secondary N) is 3. The molecule has 0 saturated carbocycles. The second-order valence-electron chi connectivity index (χ2n) is 7.53. The number of amides is 1. The molecule has 3 N–H and O–H groups in total. The Hall–Kier alpha value is -3.62. The molecule has 2 heterocycles. The third-order valence-corrected chi connectivity index (χ3v) is 7.24. The molecule has 6 nitrogen and oxygen atoms in total. The fourth-order valence-electron chi connectivity index (χ4n) is 3.67. The van der Waals surface area contributed by atoms with E-state index in [0.717, 1.165) is 32.5 Å². The summed E-state index contributed by atoms with van der Waals surface area (Å²) >= 11 is 3.30. The monoisotopic (exact) mass is 519 g/mol. The van der Waals surface area contributed by atoms with Gasteiger partial charge in [-0.25, -0.2) is 8.42 Å². The summed E-state index contributed by atoms with van der Waals surface area (Å²) in [5.74, 6) is -0.144. The Kier molecular flexibility index (Phi) is 5.39. The topological polar surface area (TPSA) is 91.1 Å². The summed E-state index contributed by atoms with van der Waals surface area (Å²) in [6.45, 7) is 0. The second kappa shape index (κ2) is 8.38. The zero-order valence-corrected chi connectivity index (χ0v) is 19.6. The molecule has 1 aromatic heterocycles. The normalized spacial score (nSPS) is 14.2. The van der Waals surface area contributed by atoms with E-state index < -0.39 is 10.0 Å². The van der Waals surface area contributed by atoms with Crippen molar-refractivity contribution < 1.29 is 13.2 Å². The zero-order chi connectivity index (χ0) is 23.0. The summed E-state index contributed by atoms with van der Waals surface area (Å²) in [5.41, 5.74) is 5.34. The van der Waals surface area contributed by atoms with Crippen molar-refractivity contribution in [2.75, 3.05) is 10.0 Å². The number of hydrogen-bond acceptors (Lipinski definition) is 3. The number of carbonyl (C=O) groups excluding carboxylic acids is 1. The quantitative estimate of drug-likeness (QED) is 0.293. The third kappa shape index (κ3) is 4.35. The third-order valence-electron chi connectivity index (χ3n) is 5.32. The van der Waals surface area contributed by atoms with E-state index in [9.17, 15) is 13.2 Å². The SMILES string of the molecule is O=C1Nc2cc(-c3ccc(NS(=O)(=O)c4ccc(Br)cc4)cc3)ccc2/C1=C/c1ccc[nH]1. The van der Waals surface area contributed by atoms with Crippen molar-refractivity contribution in [1.82, 2.24) is 4.98 Å². The Bertz CT molecular complexity index is 1480. The van der Waals surface area contributed by atoms with Crippen LogP contribution in [0.1, 0.15) is 11.3 Å². The van der Waals surface area contributed by atoms with E-state index in [4.69, 9.17) is 0 Å². The lowest BCUT2D eigenvalue weighted by atomic mass is 10.00. The standard InChI is InChI=1S/C25H18BrN3O3S/c26-18-6-10-21(11-7-18)33(31,32)29-19-8-3-16(4-9-19)17-5-12-22-23(15-20-2-1-13-27-20)25(30)28-24(22)14-17/h1-15,27,29H,(H,28,30)/b23-15-. The summed E-state index contributed by atoms with van der Waals surface area (Å²) in [7, 11) is -3.68. The minimum absolute atomic E-state index is 0.144. The van der Waals surface area contributed by atoms with Gasteiger partial charge in [0.2, 0.25) is 0 Å². The van der Waals surface area contributed by atoms with Gasteiger partial charge in [0.1, 0.15) is 0 Å². The number of aromatic nitrogens is 1. The first-order chi connectivity index (χ1) is 15.9. The minimum Gasteiger partial charge on any atom is -0.362 e. The molecule has 0 spiro atoms. The van der Waals surface area contributed by atoms with Gasteiger partial charge in [0.15, 0.2) is 0 Å². The summed E-state index contributed by atoms with van der Waals surface area (Å²) in [5, 5.41) is 2.92. The zero-order valence-electron chi connectivity index (χ0n) is 17.2. The number of aromatic amines is 1. The molecule has 1 aliphatic heterocycles. The number of H-pyrrole nitrogens is 1. The maximum absolute atomic E-state index is 12.6. The Morgan fingerprint density at radius 3 is 2.30 bits per heavy atom. The van der Waals surface area contributed by atoms with E-state index >= 15 is 0 Å². The van der Waals surface area contributed by atoms with Crippen molar-refractivity contribution in [2.24, 2.45) is 0 Å². The van der Waals surface area contributed by atoms with E-state index in [1.807, 2.05) is 54.7 Å². The van der Waals surface area contributed by atoms with Gasteiger partial charge in [0.05, 0.1) is 10.5 Å². The van der Waals surface area contributed by atoms with Gasteiger partial charge in [0.25, 0.3) is 15.9 Å². The predicted molar refractivity (Wildman–Crippen MR) is 134 cm³/mol. The van der Waals surface area contributed by atoms with Crippen molar-refractivity contribution in [2.45, 2.75) is 4.90 Å². The lowest BCUT2D eigenvalue weighted by Crippen LogP contribution is -2.12. The first-order valence-electron chi connectivity index (χ1n) is 10.1. The van der Waals surface area contributed by atoms with Crippen LogP contribution in [-0.2, 0) is 14.8 Å². The molecule has 0 saturated heterocycles. The van der Waals surface area contributed by atoms with E-state index in [2.05, 4.69) is 31.0 Å². The van der Waals surface area contributed by atoms with Crippen LogP contribution in [0.5, 0.6) is 0 Å². The molecule has 0 aliphatic carbocycles. The number of hydrogen-bond donors (Lipinski definition) is 3. The Morgan fingerprint density at radius 2 is 1.61 bits per heavy atom. The van der Waals surface area contributed by atoms with Crippen molar-refractivity contribution in [3.05, 3.63) is 101 Å². The number of rotatable bonds is 5. The molecule has 1 aliphatic rings. The van der Waals surface area contributed by atoms with Gasteiger partial charge in [-0.2, -0.15) is 0 Å². The largest absolute Gasteiger partial charge is 0.362 e. The van der Waals surface area contributed by atoms with E-state index in [-0.39, 0.29) is 10.8 Å². The summed E-state index contributed by atoms with van der Waals surface area (Å²) in [4.78, 5) is 15.7. The van der Waals surface area contributed by atoms with Crippen molar-refractivity contribution in [1.29, 1.82) is 0 Å². The highest BCUT2D eigenvalue weighted by Gasteiger charge is 2.24. The lowest BCUT2D eigenvalue weighted by molar-refractivity contribution is -0.110. The second-order valence-corrected chi connectivity index (χ2v) is 10.1. The molecule has 4 aromatic rings. The van der Waals surface area contributed by atoms with Crippen LogP contribution >= 0.6 is 15.9 Å². The molecule has 33 heavy (non-hydrogen) atoms. The predicted octanol–water partition coefficient (Wildman–Crippen LogP) is 5.74. The molecular formula is C25H18BrN3O3S. The molecule has 0 atom stereocenters. The van der Waals surface area contributed by atoms with Crippen LogP contribution < -0.4 is 10.0 Å². The molecule has 0 bridgehead atoms. The maximum Gasteiger partial charge on any atom is 0.261 e. The van der Waals surface area contributed by atoms with Crippen molar-refractivity contribution in [3.63, 3.8) is 0 Å². The highest BCUT2D eigenvalue weighted by molar-refractivity contribution is 9.10. The highest BCUT2D eigenvalue weighted by Crippen LogP contribution is 2.36. The van der Waals surface area contributed by atoms with E-state index in [0.29, 0.717) is 11.3 Å². The molecule has 8 heteroatoms. The molecule has 1 amide bonds. The van der Waals surface area contributed by atoms with Crippen molar-refractivity contribution in [3.8, 4) is 11.1 Å². The number of halogens is 1. The van der Waals surface area contributed by atoms with Gasteiger partial charge in [-0.3, -0.25) is 9.52 Å². The van der Waals surface area contributed by atoms with Gasteiger partial charge in [-0.1, -0.05) is 40.2 Å². The van der Waals surface area contributed by atoms with Crippen LogP contribution in [-0.4, -0.2) is 19.3 Å². The van der Waals surface area contributed by atoms with Gasteiger partial charge in [0, 0.05) is 33.3 Å². The number of benzene rings is 3. The number of anilines is 2. The number of fused-ring (bicyclic) bond motifs is 1. The van der Waals surface area contributed by atoms with E-state index in [1.165, 1.54) is 12.1 Å². The highest BCUT2D eigenvalue weighted by atomic mass is 79.9. The Morgan fingerprint density at radius 1 is 0.879 bits per heavy atom. The van der Waals surface area contributed by atoms with Crippen LogP contribution in [0.25, 0.3) is 22.8 Å². The maximum atomic E-state index is 12.6. The fraction of sp³-hybridized carbons (Fsp3) is 0. The Labute approximate surface area is 199 Å². The minimum atomic E-state index is -3.68. The Balaban J connectivity index is 1.38. The van der Waals surface area contributed by atoms with Crippen LogP contribution in [0.4, 0.5) is 11.4 Å². The molecule has 0 fully saturated rings. The lowest BCUT2D eigenvalue weighted by Gasteiger charge is -2.10. The first kappa shape index (κ1) is 21.2. The fourth-order valence-corrected chi connectivity index (χ4v) is 4.99. The van der Waals surface area contributed by atoms with E-state index in [1.54, 1.807) is 24.3 Å². The molecule has 3 aromatic carbocycles. The first-order valence-corrected chi connectivity index (χ1v) is 12.4. The molecule has 164 valence electrons. The average molecular weight is 520 g/mol. The molecule has 0 radical (unpaired) electrons. The molecule has 5 rings (SSSR count).